The largest absolute Gasteiger partial charge is 0.375 e. The molecule has 8 heteroatoms. The number of imide groups is 1. The fourth-order valence-electron chi connectivity index (χ4n) is 3.03. The minimum absolute atomic E-state index is 0.124. The van der Waals surface area contributed by atoms with Crippen LogP contribution >= 0.6 is 0 Å². The summed E-state index contributed by atoms with van der Waals surface area (Å²) < 4.78 is 17.9. The highest BCUT2D eigenvalue weighted by molar-refractivity contribution is 6.19. The lowest BCUT2D eigenvalue weighted by atomic mass is 10.0. The number of amides is 4. The number of ether oxygens (including phenoxy) is 1. The maximum atomic E-state index is 13.0. The molecule has 0 spiro atoms. The summed E-state index contributed by atoms with van der Waals surface area (Å²) in [4.78, 5) is 39.4. The predicted molar refractivity (Wildman–Crippen MR) is 78.2 cm³/mol. The van der Waals surface area contributed by atoms with E-state index in [1.807, 2.05) is 0 Å². The van der Waals surface area contributed by atoms with Gasteiger partial charge in [0, 0.05) is 13.7 Å². The normalized spacial score (nSPS) is 23.7. The molecule has 2 heterocycles. The molecule has 2 fully saturated rings. The summed E-state index contributed by atoms with van der Waals surface area (Å²) in [6, 6.07) is 3.30. The number of rotatable bonds is 3. The van der Waals surface area contributed by atoms with Crippen molar-refractivity contribution in [2.45, 2.75) is 18.5 Å². The Kier molecular flexibility index (Phi) is 3.99. The highest BCUT2D eigenvalue weighted by Gasteiger charge is 2.49. The van der Waals surface area contributed by atoms with Crippen molar-refractivity contribution in [3.05, 3.63) is 30.1 Å². The molecule has 1 aromatic rings. The first-order chi connectivity index (χ1) is 11.0. The first-order valence-electron chi connectivity index (χ1n) is 7.21. The topological polar surface area (TPSA) is 79.0 Å². The second kappa shape index (κ2) is 5.96. The fraction of sp³-hybridized carbons (Fsp3) is 0.400. The Morgan fingerprint density at radius 2 is 2.04 bits per heavy atom. The summed E-state index contributed by atoms with van der Waals surface area (Å²) >= 11 is 0. The van der Waals surface area contributed by atoms with E-state index >= 15 is 0 Å². The third-order valence-electron chi connectivity index (χ3n) is 4.06. The third-order valence-corrected chi connectivity index (χ3v) is 4.06. The zero-order valence-electron chi connectivity index (χ0n) is 12.5. The number of hydrogen-bond donors (Lipinski definition) is 1. The van der Waals surface area contributed by atoms with Gasteiger partial charge in [-0.15, -0.1) is 0 Å². The summed E-state index contributed by atoms with van der Waals surface area (Å²) in [5, 5.41) is 2.74. The van der Waals surface area contributed by atoms with Crippen LogP contribution in [0, 0.1) is 5.82 Å². The quantitative estimate of drug-likeness (QED) is 0.879. The summed E-state index contributed by atoms with van der Waals surface area (Å²) in [6.07, 6.45) is 0.509. The molecule has 2 atom stereocenters. The molecule has 1 N–H and O–H groups in total. The number of methoxy groups -OCH3 is 1. The van der Waals surface area contributed by atoms with Gasteiger partial charge in [0.05, 0.1) is 11.7 Å². The van der Waals surface area contributed by atoms with Gasteiger partial charge in [-0.05, 0) is 30.7 Å². The molecule has 4 amide bonds. The summed E-state index contributed by atoms with van der Waals surface area (Å²) in [7, 11) is 1.40. The molecule has 2 aliphatic rings. The molecule has 0 aliphatic carbocycles. The van der Waals surface area contributed by atoms with E-state index in [4.69, 9.17) is 4.74 Å². The van der Waals surface area contributed by atoms with Crippen LogP contribution in [0.1, 0.15) is 6.42 Å². The average molecular weight is 321 g/mol. The number of nitrogens with zero attached hydrogens (tertiary/aromatic N) is 2. The Morgan fingerprint density at radius 3 is 2.70 bits per heavy atom. The molecule has 0 aromatic heterocycles. The van der Waals surface area contributed by atoms with Crippen molar-refractivity contribution in [2.75, 3.05) is 25.2 Å². The number of benzene rings is 1. The minimum Gasteiger partial charge on any atom is -0.375 e. The van der Waals surface area contributed by atoms with Crippen LogP contribution in [0.3, 0.4) is 0 Å². The molecule has 7 nitrogen and oxygen atoms in total. The van der Waals surface area contributed by atoms with E-state index < -0.39 is 29.8 Å². The van der Waals surface area contributed by atoms with Gasteiger partial charge in [0.1, 0.15) is 18.5 Å². The van der Waals surface area contributed by atoms with Crippen LogP contribution in [-0.2, 0) is 14.3 Å². The SMILES string of the molecule is COCC(=O)N1CC[C@@H]2NC(=O)N(c3ccc(F)cc3)C(=O)[C@H]21. The Morgan fingerprint density at radius 1 is 1.35 bits per heavy atom. The van der Waals surface area contributed by atoms with Crippen molar-refractivity contribution in [3.8, 4) is 0 Å². The predicted octanol–water partition coefficient (Wildman–Crippen LogP) is 0.498. The molecule has 0 saturated carbocycles. The lowest BCUT2D eigenvalue weighted by molar-refractivity contribution is -0.140. The lowest BCUT2D eigenvalue weighted by Gasteiger charge is -2.36. The molecule has 0 unspecified atom stereocenters. The second-order valence-corrected chi connectivity index (χ2v) is 5.46. The Balaban J connectivity index is 1.89. The molecule has 0 bridgehead atoms. The van der Waals surface area contributed by atoms with E-state index in [1.165, 1.54) is 36.3 Å². The summed E-state index contributed by atoms with van der Waals surface area (Å²) in [6.45, 7) is 0.252. The molecule has 3 rings (SSSR count). The van der Waals surface area contributed by atoms with Crippen LogP contribution in [0.2, 0.25) is 0 Å². The fourth-order valence-corrected chi connectivity index (χ4v) is 3.03. The van der Waals surface area contributed by atoms with Gasteiger partial charge < -0.3 is 15.0 Å². The molecule has 2 saturated heterocycles. The van der Waals surface area contributed by atoms with Crippen molar-refractivity contribution in [3.63, 3.8) is 0 Å². The maximum Gasteiger partial charge on any atom is 0.329 e. The van der Waals surface area contributed by atoms with E-state index in [0.29, 0.717) is 13.0 Å². The number of carbonyl (C=O) groups excluding carboxylic acids is 3. The Bertz CT molecular complexity index is 649. The number of carbonyl (C=O) groups is 3. The molecule has 23 heavy (non-hydrogen) atoms. The van der Waals surface area contributed by atoms with E-state index in [1.54, 1.807) is 0 Å². The zero-order chi connectivity index (χ0) is 16.6. The van der Waals surface area contributed by atoms with E-state index in [0.717, 1.165) is 4.90 Å². The number of likely N-dealkylation sites (tertiary alicyclic amines) is 1. The molecular formula is C15H16FN3O4. The van der Waals surface area contributed by atoms with E-state index in [-0.39, 0.29) is 18.2 Å². The Hall–Kier alpha value is -2.48. The van der Waals surface area contributed by atoms with Gasteiger partial charge in [0.15, 0.2) is 0 Å². The van der Waals surface area contributed by atoms with Gasteiger partial charge in [0.2, 0.25) is 5.91 Å². The van der Waals surface area contributed by atoms with Crippen molar-refractivity contribution in [2.24, 2.45) is 0 Å². The molecule has 122 valence electrons. The first-order valence-corrected chi connectivity index (χ1v) is 7.21. The smallest absolute Gasteiger partial charge is 0.329 e. The molecule has 2 aliphatic heterocycles. The van der Waals surface area contributed by atoms with Gasteiger partial charge in [-0.25, -0.2) is 14.1 Å². The van der Waals surface area contributed by atoms with Crippen molar-refractivity contribution < 1.29 is 23.5 Å². The zero-order valence-corrected chi connectivity index (χ0v) is 12.5. The maximum absolute atomic E-state index is 13.0. The number of halogens is 1. The highest BCUT2D eigenvalue weighted by Crippen LogP contribution is 2.27. The van der Waals surface area contributed by atoms with E-state index in [2.05, 4.69) is 5.32 Å². The van der Waals surface area contributed by atoms with Crippen molar-refractivity contribution >= 4 is 23.5 Å². The summed E-state index contributed by atoms with van der Waals surface area (Å²) in [5.74, 6) is -1.26. The van der Waals surface area contributed by atoms with Crippen LogP contribution < -0.4 is 10.2 Å². The molecule has 1 aromatic carbocycles. The van der Waals surface area contributed by atoms with Gasteiger partial charge in [-0.1, -0.05) is 0 Å². The minimum atomic E-state index is -0.764. The van der Waals surface area contributed by atoms with Crippen molar-refractivity contribution in [1.29, 1.82) is 0 Å². The second-order valence-electron chi connectivity index (χ2n) is 5.46. The van der Waals surface area contributed by atoms with Gasteiger partial charge in [-0.3, -0.25) is 9.59 Å². The van der Waals surface area contributed by atoms with Gasteiger partial charge in [0.25, 0.3) is 5.91 Å². The number of urea groups is 1. The lowest BCUT2D eigenvalue weighted by Crippen LogP contribution is -2.65. The summed E-state index contributed by atoms with van der Waals surface area (Å²) in [5.41, 5.74) is 0.262. The van der Waals surface area contributed by atoms with Crippen LogP contribution in [0.5, 0.6) is 0 Å². The van der Waals surface area contributed by atoms with Crippen LogP contribution in [0.4, 0.5) is 14.9 Å². The van der Waals surface area contributed by atoms with E-state index in [9.17, 15) is 18.8 Å². The number of nitrogens with one attached hydrogen (secondary N) is 1. The van der Waals surface area contributed by atoms with Crippen LogP contribution in [0.25, 0.3) is 0 Å². The average Bonchev–Trinajstić information content (AvgIpc) is 2.93. The van der Waals surface area contributed by atoms with Gasteiger partial charge in [-0.2, -0.15) is 0 Å². The van der Waals surface area contributed by atoms with Crippen LogP contribution in [0.15, 0.2) is 24.3 Å². The van der Waals surface area contributed by atoms with Crippen LogP contribution in [-0.4, -0.2) is 55.1 Å². The third kappa shape index (κ3) is 2.65. The standard InChI is InChI=1S/C15H16FN3O4/c1-23-8-12(20)18-7-6-11-13(18)14(21)19(15(22)17-11)10-4-2-9(16)3-5-10/h2-5,11,13H,6-8H2,1H3,(H,17,22)/t11-,13-/m0/s1. The molecular weight excluding hydrogens is 305 g/mol. The number of hydrogen-bond acceptors (Lipinski definition) is 4. The monoisotopic (exact) mass is 321 g/mol. The Labute approximate surface area is 132 Å². The number of anilines is 1. The highest BCUT2D eigenvalue weighted by atomic mass is 19.1. The first kappa shape index (κ1) is 15.4. The van der Waals surface area contributed by atoms with Gasteiger partial charge >= 0.3 is 6.03 Å². The number of fused-ring (bicyclic) bond motifs is 1. The van der Waals surface area contributed by atoms with Crippen molar-refractivity contribution in [1.82, 2.24) is 10.2 Å². The molecule has 0 radical (unpaired) electrons.